The van der Waals surface area contributed by atoms with E-state index in [0.29, 0.717) is 24.6 Å². The molecule has 0 bridgehead atoms. The SMILES string of the molecule is COc1cc2c(cc1OC)CN(C(=O)N[C@@H](C(=O)N[C@H]1CCCc3ccccc31)C(C)C)CC2. The Kier molecular flexibility index (Phi) is 7.29. The van der Waals surface area contributed by atoms with Crippen molar-refractivity contribution in [2.45, 2.75) is 58.2 Å². The van der Waals surface area contributed by atoms with Gasteiger partial charge >= 0.3 is 6.03 Å². The van der Waals surface area contributed by atoms with Gasteiger partial charge in [0.2, 0.25) is 5.91 Å². The van der Waals surface area contributed by atoms with Crippen LogP contribution in [0.1, 0.15) is 55.0 Å². The van der Waals surface area contributed by atoms with Crippen molar-refractivity contribution in [2.24, 2.45) is 5.92 Å². The molecule has 2 aromatic rings. The van der Waals surface area contributed by atoms with Gasteiger partial charge in [0.15, 0.2) is 11.5 Å². The van der Waals surface area contributed by atoms with Gasteiger partial charge in [-0.05, 0) is 66.0 Å². The molecule has 4 rings (SSSR count). The predicted octanol–water partition coefficient (Wildman–Crippen LogP) is 3.99. The van der Waals surface area contributed by atoms with Crippen molar-refractivity contribution in [2.75, 3.05) is 20.8 Å². The van der Waals surface area contributed by atoms with Crippen LogP contribution in [0.5, 0.6) is 11.5 Å². The average Bonchev–Trinajstić information content (AvgIpc) is 2.85. The second-order valence-corrected chi connectivity index (χ2v) is 9.47. The number of nitrogens with zero attached hydrogens (tertiary/aromatic N) is 1. The van der Waals surface area contributed by atoms with Gasteiger partial charge in [-0.3, -0.25) is 4.79 Å². The van der Waals surface area contributed by atoms with E-state index in [2.05, 4.69) is 22.8 Å². The molecule has 0 saturated carbocycles. The van der Waals surface area contributed by atoms with Gasteiger partial charge in [-0.15, -0.1) is 0 Å². The summed E-state index contributed by atoms with van der Waals surface area (Å²) >= 11 is 0. The quantitative estimate of drug-likeness (QED) is 0.676. The maximum absolute atomic E-state index is 13.3. The number of carbonyl (C=O) groups excluding carboxylic acids is 2. The lowest BCUT2D eigenvalue weighted by atomic mass is 9.87. The Bertz CT molecular complexity index is 1050. The summed E-state index contributed by atoms with van der Waals surface area (Å²) in [6.07, 6.45) is 3.72. The van der Waals surface area contributed by atoms with E-state index in [4.69, 9.17) is 9.47 Å². The van der Waals surface area contributed by atoms with E-state index in [9.17, 15) is 9.59 Å². The molecule has 0 unspecified atom stereocenters. The van der Waals surface area contributed by atoms with E-state index >= 15 is 0 Å². The van der Waals surface area contributed by atoms with Gasteiger partial charge in [-0.25, -0.2) is 4.79 Å². The van der Waals surface area contributed by atoms with Crippen molar-refractivity contribution in [1.29, 1.82) is 0 Å². The lowest BCUT2D eigenvalue weighted by Gasteiger charge is -2.33. The molecule has 2 aromatic carbocycles. The fourth-order valence-electron chi connectivity index (χ4n) is 4.98. The molecule has 1 heterocycles. The normalized spacial score (nSPS) is 17.9. The number of fused-ring (bicyclic) bond motifs is 2. The van der Waals surface area contributed by atoms with E-state index in [1.165, 1.54) is 11.1 Å². The highest BCUT2D eigenvalue weighted by Crippen LogP contribution is 2.33. The molecule has 7 nitrogen and oxygen atoms in total. The highest BCUT2D eigenvalue weighted by atomic mass is 16.5. The van der Waals surface area contributed by atoms with Crippen LogP contribution in [-0.2, 0) is 24.2 Å². The van der Waals surface area contributed by atoms with Gasteiger partial charge in [0, 0.05) is 13.1 Å². The number of aryl methyl sites for hydroxylation is 1. The minimum atomic E-state index is -0.603. The van der Waals surface area contributed by atoms with Crippen LogP contribution in [0.2, 0.25) is 0 Å². The number of hydrogen-bond donors (Lipinski definition) is 2. The van der Waals surface area contributed by atoms with Gasteiger partial charge < -0.3 is 25.0 Å². The number of nitrogens with one attached hydrogen (secondary N) is 2. The summed E-state index contributed by atoms with van der Waals surface area (Å²) in [5.41, 5.74) is 4.66. The van der Waals surface area contributed by atoms with Crippen LogP contribution in [0, 0.1) is 5.92 Å². The highest BCUT2D eigenvalue weighted by molar-refractivity contribution is 5.87. The molecule has 3 amide bonds. The van der Waals surface area contributed by atoms with Crippen molar-refractivity contribution >= 4 is 11.9 Å². The van der Waals surface area contributed by atoms with Crippen molar-refractivity contribution in [1.82, 2.24) is 15.5 Å². The molecule has 34 heavy (non-hydrogen) atoms. The maximum Gasteiger partial charge on any atom is 0.318 e. The molecule has 2 atom stereocenters. The van der Waals surface area contributed by atoms with Gasteiger partial charge in [-0.2, -0.15) is 0 Å². The molecule has 0 aromatic heterocycles. The molecular formula is C27H35N3O4. The number of carbonyl (C=O) groups is 2. The van der Waals surface area contributed by atoms with Crippen LogP contribution >= 0.6 is 0 Å². The second kappa shape index (κ2) is 10.4. The molecule has 0 fully saturated rings. The van der Waals surface area contributed by atoms with Crippen LogP contribution in [0.15, 0.2) is 36.4 Å². The number of methoxy groups -OCH3 is 2. The summed E-state index contributed by atoms with van der Waals surface area (Å²) in [5, 5.41) is 6.21. The molecule has 1 aliphatic heterocycles. The largest absolute Gasteiger partial charge is 0.493 e. The number of urea groups is 1. The van der Waals surface area contributed by atoms with Crippen LogP contribution in [0.4, 0.5) is 4.79 Å². The summed E-state index contributed by atoms with van der Waals surface area (Å²) in [4.78, 5) is 28.2. The Morgan fingerprint density at radius 3 is 2.41 bits per heavy atom. The van der Waals surface area contributed by atoms with Gasteiger partial charge in [0.1, 0.15) is 6.04 Å². The minimum absolute atomic E-state index is 0.0140. The molecule has 2 aliphatic rings. The summed E-state index contributed by atoms with van der Waals surface area (Å²) in [6.45, 7) is 4.96. The van der Waals surface area contributed by atoms with E-state index in [1.807, 2.05) is 38.1 Å². The minimum Gasteiger partial charge on any atom is -0.493 e. The standard InChI is InChI=1S/C27H35N3O4/c1-17(2)25(26(31)28-22-11-7-9-18-8-5-6-10-21(18)22)29-27(32)30-13-12-19-14-23(33-3)24(34-4)15-20(19)16-30/h5-6,8,10,14-15,17,22,25H,7,9,11-13,16H2,1-4H3,(H,28,31)(H,29,32)/t22-,25+/m0/s1. The van der Waals surface area contributed by atoms with Crippen molar-refractivity contribution in [3.63, 3.8) is 0 Å². The number of benzene rings is 2. The van der Waals surface area contributed by atoms with Crippen molar-refractivity contribution in [3.8, 4) is 11.5 Å². The topological polar surface area (TPSA) is 79.9 Å². The first kappa shape index (κ1) is 23.9. The smallest absolute Gasteiger partial charge is 0.318 e. The Balaban J connectivity index is 1.43. The van der Waals surface area contributed by atoms with E-state index < -0.39 is 6.04 Å². The molecule has 7 heteroatoms. The highest BCUT2D eigenvalue weighted by Gasteiger charge is 2.31. The lowest BCUT2D eigenvalue weighted by molar-refractivity contribution is -0.124. The summed E-state index contributed by atoms with van der Waals surface area (Å²) in [6, 6.07) is 11.4. The number of rotatable bonds is 6. The van der Waals surface area contributed by atoms with Crippen LogP contribution in [-0.4, -0.2) is 43.6 Å². The molecular weight excluding hydrogens is 430 g/mol. The molecule has 2 N–H and O–H groups in total. The Morgan fingerprint density at radius 2 is 1.71 bits per heavy atom. The van der Waals surface area contributed by atoms with Crippen LogP contribution < -0.4 is 20.1 Å². The molecule has 0 saturated heterocycles. The maximum atomic E-state index is 13.3. The van der Waals surface area contributed by atoms with E-state index in [1.54, 1.807) is 19.1 Å². The van der Waals surface area contributed by atoms with Gasteiger partial charge in [0.25, 0.3) is 0 Å². The third-order valence-corrected chi connectivity index (χ3v) is 6.92. The Morgan fingerprint density at radius 1 is 1.00 bits per heavy atom. The van der Waals surface area contributed by atoms with Crippen molar-refractivity contribution in [3.05, 3.63) is 58.7 Å². The zero-order chi connectivity index (χ0) is 24.2. The number of amides is 3. The fourth-order valence-corrected chi connectivity index (χ4v) is 4.98. The zero-order valence-corrected chi connectivity index (χ0v) is 20.5. The zero-order valence-electron chi connectivity index (χ0n) is 20.5. The van der Waals surface area contributed by atoms with Crippen LogP contribution in [0.3, 0.4) is 0 Å². The Labute approximate surface area is 201 Å². The van der Waals surface area contributed by atoms with Gasteiger partial charge in [-0.1, -0.05) is 38.1 Å². The second-order valence-electron chi connectivity index (χ2n) is 9.47. The van der Waals surface area contributed by atoms with Gasteiger partial charge in [0.05, 0.1) is 20.3 Å². The monoisotopic (exact) mass is 465 g/mol. The molecule has 0 radical (unpaired) electrons. The summed E-state index contributed by atoms with van der Waals surface area (Å²) in [7, 11) is 3.23. The Hall–Kier alpha value is -3.22. The first-order chi connectivity index (χ1) is 16.4. The van der Waals surface area contributed by atoms with Crippen molar-refractivity contribution < 1.29 is 19.1 Å². The van der Waals surface area contributed by atoms with Crippen LogP contribution in [0.25, 0.3) is 0 Å². The molecule has 0 spiro atoms. The number of hydrogen-bond acceptors (Lipinski definition) is 4. The molecule has 182 valence electrons. The lowest BCUT2D eigenvalue weighted by Crippen LogP contribution is -2.54. The first-order valence-electron chi connectivity index (χ1n) is 12.1. The third kappa shape index (κ3) is 4.98. The predicted molar refractivity (Wildman–Crippen MR) is 131 cm³/mol. The molecule has 1 aliphatic carbocycles. The average molecular weight is 466 g/mol. The number of ether oxygens (including phenoxy) is 2. The fraction of sp³-hybridized carbons (Fsp3) is 0.481. The first-order valence-corrected chi connectivity index (χ1v) is 12.1. The summed E-state index contributed by atoms with van der Waals surface area (Å²) in [5.74, 6) is 1.17. The summed E-state index contributed by atoms with van der Waals surface area (Å²) < 4.78 is 10.8. The van der Waals surface area contributed by atoms with E-state index in [0.717, 1.165) is 36.8 Å². The third-order valence-electron chi connectivity index (χ3n) is 6.92. The van der Waals surface area contributed by atoms with E-state index in [-0.39, 0.29) is 23.9 Å².